The normalized spacial score (nSPS) is 13.0. The third-order valence-electron chi connectivity index (χ3n) is 2.42. The second-order valence-electron chi connectivity index (χ2n) is 4.09. The summed E-state index contributed by atoms with van der Waals surface area (Å²) in [6.45, 7) is 0. The zero-order chi connectivity index (χ0) is 14.6. The fourth-order valence-corrected chi connectivity index (χ4v) is 2.50. The van der Waals surface area contributed by atoms with Crippen LogP contribution in [0, 0.1) is 0 Å². The summed E-state index contributed by atoms with van der Waals surface area (Å²) in [6.07, 6.45) is -0.00691. The van der Waals surface area contributed by atoms with Crippen LogP contribution in [0.1, 0.15) is 18.0 Å². The zero-order valence-corrected chi connectivity index (χ0v) is 12.4. The summed E-state index contributed by atoms with van der Waals surface area (Å²) in [6, 6.07) is 4.02. The lowest BCUT2D eigenvalue weighted by molar-refractivity contribution is 0.189. The molecule has 1 rings (SSSR count). The number of benzene rings is 1. The number of hydrogen-bond acceptors (Lipinski definition) is 3. The largest absolute Gasteiger partial charge is 0.465 e. The van der Waals surface area contributed by atoms with Gasteiger partial charge in [-0.1, -0.05) is 29.3 Å². The molecule has 8 heteroatoms. The Bertz CT molecular complexity index is 574. The first-order chi connectivity index (χ1) is 8.69. The molecule has 0 unspecified atom stereocenters. The smallest absolute Gasteiger partial charge is 0.405 e. The van der Waals surface area contributed by atoms with Gasteiger partial charge < -0.3 is 10.4 Å². The van der Waals surface area contributed by atoms with Gasteiger partial charge in [-0.05, 0) is 24.1 Å². The number of amides is 1. The monoisotopic (exact) mass is 325 g/mol. The molecule has 0 saturated heterocycles. The molecule has 0 saturated carbocycles. The van der Waals surface area contributed by atoms with Gasteiger partial charge in [0, 0.05) is 6.26 Å². The molecule has 1 aromatic carbocycles. The van der Waals surface area contributed by atoms with Crippen molar-refractivity contribution >= 4 is 39.1 Å². The maximum atomic E-state index is 11.2. The first-order valence-corrected chi connectivity index (χ1v) is 8.13. The van der Waals surface area contributed by atoms with E-state index in [9.17, 15) is 13.2 Å². The fourth-order valence-electron chi connectivity index (χ4n) is 1.53. The summed E-state index contributed by atoms with van der Waals surface area (Å²) in [5, 5.41) is 11.7. The van der Waals surface area contributed by atoms with Crippen LogP contribution in [0.3, 0.4) is 0 Å². The Balaban J connectivity index is 2.95. The number of nitrogens with one attached hydrogen (secondary N) is 1. The van der Waals surface area contributed by atoms with Gasteiger partial charge in [0.25, 0.3) is 0 Å². The minimum absolute atomic E-state index is 0.127. The minimum atomic E-state index is -3.17. The van der Waals surface area contributed by atoms with Crippen LogP contribution in [0.2, 0.25) is 10.0 Å². The highest BCUT2D eigenvalue weighted by Crippen LogP contribution is 2.27. The summed E-state index contributed by atoms with van der Waals surface area (Å²) in [5.41, 5.74) is 0.570. The van der Waals surface area contributed by atoms with Crippen LogP contribution >= 0.6 is 23.2 Å². The van der Waals surface area contributed by atoms with E-state index in [-0.39, 0.29) is 17.2 Å². The van der Waals surface area contributed by atoms with Crippen LogP contribution < -0.4 is 5.32 Å². The van der Waals surface area contributed by atoms with E-state index >= 15 is 0 Å². The van der Waals surface area contributed by atoms with Crippen molar-refractivity contribution in [1.82, 2.24) is 5.32 Å². The lowest BCUT2D eigenvalue weighted by Crippen LogP contribution is -2.28. The van der Waals surface area contributed by atoms with Gasteiger partial charge in [0.15, 0.2) is 0 Å². The summed E-state index contributed by atoms with van der Waals surface area (Å²) in [7, 11) is -3.17. The van der Waals surface area contributed by atoms with Crippen LogP contribution in [-0.4, -0.2) is 31.6 Å². The van der Waals surface area contributed by atoms with Crippen molar-refractivity contribution in [1.29, 1.82) is 0 Å². The molecule has 0 radical (unpaired) electrons. The Labute approximate surface area is 121 Å². The van der Waals surface area contributed by atoms with Crippen LogP contribution in [0.15, 0.2) is 18.2 Å². The van der Waals surface area contributed by atoms with Crippen LogP contribution in [0.4, 0.5) is 4.79 Å². The third kappa shape index (κ3) is 5.67. The summed E-state index contributed by atoms with van der Waals surface area (Å²) in [4.78, 5) is 10.7. The van der Waals surface area contributed by atoms with E-state index in [4.69, 9.17) is 28.3 Å². The zero-order valence-electron chi connectivity index (χ0n) is 10.1. The lowest BCUT2D eigenvalue weighted by atomic mass is 10.0. The average molecular weight is 326 g/mol. The maximum Gasteiger partial charge on any atom is 0.405 e. The van der Waals surface area contributed by atoms with Crippen molar-refractivity contribution in [2.75, 3.05) is 12.0 Å². The molecular weight excluding hydrogens is 313 g/mol. The van der Waals surface area contributed by atoms with E-state index in [1.54, 1.807) is 6.07 Å². The molecule has 0 fully saturated rings. The van der Waals surface area contributed by atoms with Gasteiger partial charge >= 0.3 is 6.09 Å². The summed E-state index contributed by atoms with van der Waals surface area (Å²) >= 11 is 11.6. The molecule has 19 heavy (non-hydrogen) atoms. The highest BCUT2D eigenvalue weighted by Gasteiger charge is 2.17. The molecule has 1 aromatic rings. The molecule has 2 N–H and O–H groups in total. The molecule has 0 heterocycles. The maximum absolute atomic E-state index is 11.2. The molecule has 1 amide bonds. The topological polar surface area (TPSA) is 83.5 Å². The highest BCUT2D eigenvalue weighted by molar-refractivity contribution is 7.90. The number of carboxylic acid groups (broad SMARTS) is 1. The highest BCUT2D eigenvalue weighted by atomic mass is 35.5. The van der Waals surface area contributed by atoms with Crippen LogP contribution in [-0.2, 0) is 9.84 Å². The summed E-state index contributed by atoms with van der Waals surface area (Å²) < 4.78 is 22.3. The molecule has 0 bridgehead atoms. The number of carbonyl (C=O) groups is 1. The van der Waals surface area contributed by atoms with E-state index in [2.05, 4.69) is 5.32 Å². The number of rotatable bonds is 5. The Morgan fingerprint density at radius 1 is 1.37 bits per heavy atom. The van der Waals surface area contributed by atoms with Gasteiger partial charge in [-0.25, -0.2) is 13.2 Å². The molecule has 5 nitrogen and oxygen atoms in total. The van der Waals surface area contributed by atoms with Crippen molar-refractivity contribution in [3.63, 3.8) is 0 Å². The molecule has 0 spiro atoms. The van der Waals surface area contributed by atoms with E-state index in [1.165, 1.54) is 12.1 Å². The quantitative estimate of drug-likeness (QED) is 0.871. The Morgan fingerprint density at radius 3 is 2.47 bits per heavy atom. The van der Waals surface area contributed by atoms with Gasteiger partial charge in [0.1, 0.15) is 9.84 Å². The van der Waals surface area contributed by atoms with Crippen molar-refractivity contribution in [2.45, 2.75) is 12.5 Å². The molecule has 0 aliphatic carbocycles. The Morgan fingerprint density at radius 2 is 2.00 bits per heavy atom. The van der Waals surface area contributed by atoms with Crippen molar-refractivity contribution < 1.29 is 18.3 Å². The average Bonchev–Trinajstić information content (AvgIpc) is 2.26. The molecule has 0 aliphatic rings. The van der Waals surface area contributed by atoms with Crippen molar-refractivity contribution in [3.8, 4) is 0 Å². The van der Waals surface area contributed by atoms with E-state index in [1.807, 2.05) is 0 Å². The van der Waals surface area contributed by atoms with Gasteiger partial charge in [-0.2, -0.15) is 0 Å². The van der Waals surface area contributed by atoms with E-state index in [0.29, 0.717) is 10.6 Å². The lowest BCUT2D eigenvalue weighted by Gasteiger charge is -2.17. The number of sulfone groups is 1. The molecular formula is C11H13Cl2NO4S. The van der Waals surface area contributed by atoms with E-state index in [0.717, 1.165) is 6.26 Å². The standard InChI is InChI=1S/C11H13Cl2NO4S/c1-19(17,18)5-4-10(14-11(15)16)7-2-3-8(12)9(13)6-7/h2-3,6,10,14H,4-5H2,1H3,(H,15,16)/t10-/m1/s1. The SMILES string of the molecule is CS(=O)(=O)CC[C@@H](NC(=O)O)c1ccc(Cl)c(Cl)c1. The third-order valence-corrected chi connectivity index (χ3v) is 4.14. The van der Waals surface area contributed by atoms with E-state index < -0.39 is 22.0 Å². The Kier molecular flexibility index (Phi) is 5.46. The predicted molar refractivity (Wildman–Crippen MR) is 74.7 cm³/mol. The number of hydrogen-bond donors (Lipinski definition) is 2. The molecule has 0 aliphatic heterocycles. The summed E-state index contributed by atoms with van der Waals surface area (Å²) in [5.74, 6) is -0.127. The first-order valence-electron chi connectivity index (χ1n) is 5.31. The van der Waals surface area contributed by atoms with Crippen LogP contribution in [0.25, 0.3) is 0 Å². The predicted octanol–water partition coefficient (Wildman–Crippen LogP) is 2.74. The second-order valence-corrected chi connectivity index (χ2v) is 7.17. The molecule has 1 atom stereocenters. The van der Waals surface area contributed by atoms with Gasteiger partial charge in [-0.3, -0.25) is 0 Å². The van der Waals surface area contributed by atoms with Gasteiger partial charge in [-0.15, -0.1) is 0 Å². The number of halogens is 2. The van der Waals surface area contributed by atoms with Gasteiger partial charge in [0.2, 0.25) is 0 Å². The first kappa shape index (κ1) is 16.1. The molecule has 0 aromatic heterocycles. The minimum Gasteiger partial charge on any atom is -0.465 e. The van der Waals surface area contributed by atoms with Crippen LogP contribution in [0.5, 0.6) is 0 Å². The second kappa shape index (κ2) is 6.45. The Hall–Kier alpha value is -0.980. The molecule has 106 valence electrons. The van der Waals surface area contributed by atoms with Gasteiger partial charge in [0.05, 0.1) is 21.8 Å². The van der Waals surface area contributed by atoms with Crippen molar-refractivity contribution in [2.24, 2.45) is 0 Å². The van der Waals surface area contributed by atoms with Crippen molar-refractivity contribution in [3.05, 3.63) is 33.8 Å². The fraction of sp³-hybridized carbons (Fsp3) is 0.364.